The molecule has 2 heterocycles. The van der Waals surface area contributed by atoms with E-state index in [0.717, 1.165) is 12.8 Å². The highest BCUT2D eigenvalue weighted by atomic mass is 32.1. The molecule has 0 radical (unpaired) electrons. The molecule has 0 aliphatic rings. The molecule has 0 amide bonds. The Morgan fingerprint density at radius 3 is 1.47 bits per heavy atom. The average Bonchev–Trinajstić information content (AvgIpc) is 3.43. The molecule has 2 unspecified atom stereocenters. The molecule has 0 spiro atoms. The minimum Gasteiger partial charge on any atom is -0.298 e. The maximum absolute atomic E-state index is 13.2. The molecule has 4 aromatic rings. The summed E-state index contributed by atoms with van der Waals surface area (Å²) in [6.45, 7) is 4.10. The van der Waals surface area contributed by atoms with Gasteiger partial charge in [0.25, 0.3) is 0 Å². The van der Waals surface area contributed by atoms with Crippen molar-refractivity contribution in [1.29, 1.82) is 0 Å². The fourth-order valence-corrected chi connectivity index (χ4v) is 5.70. The van der Waals surface area contributed by atoms with E-state index in [1.54, 1.807) is 22.7 Å². The van der Waals surface area contributed by atoms with Gasteiger partial charge in [0.05, 0.1) is 0 Å². The van der Waals surface area contributed by atoms with Crippen LogP contribution in [0, 0.1) is 0 Å². The number of carbonyl (C=O) groups excluding carboxylic acids is 1. The Hall–Kier alpha value is -2.49. The van der Waals surface area contributed by atoms with Crippen molar-refractivity contribution in [3.05, 3.63) is 116 Å². The SMILES string of the molecule is CC(C(=O)C(C)c1cc(Cc2ccccc2)cs1)c1cc(Cc2ccccc2)cs1. The summed E-state index contributed by atoms with van der Waals surface area (Å²) in [6, 6.07) is 25.4. The van der Waals surface area contributed by atoms with Gasteiger partial charge in [0.15, 0.2) is 0 Å². The molecule has 3 heteroatoms. The summed E-state index contributed by atoms with van der Waals surface area (Å²) in [5.41, 5.74) is 5.18. The molecule has 0 saturated heterocycles. The number of thiophene rings is 2. The molecule has 4 rings (SSSR count). The molecule has 1 nitrogen and oxygen atoms in total. The Morgan fingerprint density at radius 1 is 0.667 bits per heavy atom. The Kier molecular flexibility index (Phi) is 6.61. The van der Waals surface area contributed by atoms with Crippen molar-refractivity contribution < 1.29 is 4.79 Å². The standard InChI is InChI=1S/C27H26OS2/c1-19(25-15-23(17-29-25)13-21-9-5-3-6-10-21)27(28)20(2)26-16-24(18-30-26)14-22-11-7-4-8-12-22/h3-12,15-20H,13-14H2,1-2H3. The van der Waals surface area contributed by atoms with Gasteiger partial charge in [-0.1, -0.05) is 74.5 Å². The highest BCUT2D eigenvalue weighted by Crippen LogP contribution is 2.33. The predicted octanol–water partition coefficient (Wildman–Crippen LogP) is 7.47. The van der Waals surface area contributed by atoms with Crippen molar-refractivity contribution in [3.8, 4) is 0 Å². The van der Waals surface area contributed by atoms with E-state index in [2.05, 4.69) is 85.3 Å². The molecule has 30 heavy (non-hydrogen) atoms. The van der Waals surface area contributed by atoms with Crippen molar-refractivity contribution in [2.45, 2.75) is 38.5 Å². The molecule has 0 aliphatic carbocycles. The highest BCUT2D eigenvalue weighted by molar-refractivity contribution is 7.10. The third-order valence-corrected chi connectivity index (χ3v) is 7.89. The lowest BCUT2D eigenvalue weighted by Gasteiger charge is -2.14. The second-order valence-corrected chi connectivity index (χ2v) is 9.77. The number of ketones is 1. The Bertz CT molecular complexity index is 1000. The van der Waals surface area contributed by atoms with Crippen molar-refractivity contribution in [3.63, 3.8) is 0 Å². The lowest BCUT2D eigenvalue weighted by atomic mass is 9.92. The zero-order valence-electron chi connectivity index (χ0n) is 17.4. The Labute approximate surface area is 187 Å². The molecular weight excluding hydrogens is 404 g/mol. The van der Waals surface area contributed by atoms with Crippen LogP contribution in [0.4, 0.5) is 0 Å². The van der Waals surface area contributed by atoms with Crippen molar-refractivity contribution in [2.75, 3.05) is 0 Å². The van der Waals surface area contributed by atoms with Gasteiger partial charge in [-0.05, 0) is 58.0 Å². The summed E-state index contributed by atoms with van der Waals surface area (Å²) in [4.78, 5) is 15.5. The molecule has 2 atom stereocenters. The molecule has 0 N–H and O–H groups in total. The highest BCUT2D eigenvalue weighted by Gasteiger charge is 2.25. The third-order valence-electron chi connectivity index (χ3n) is 5.56. The largest absolute Gasteiger partial charge is 0.298 e. The van der Waals surface area contributed by atoms with Crippen LogP contribution in [-0.2, 0) is 17.6 Å². The monoisotopic (exact) mass is 430 g/mol. The number of hydrogen-bond donors (Lipinski definition) is 0. The summed E-state index contributed by atoms with van der Waals surface area (Å²) in [6.07, 6.45) is 1.84. The van der Waals surface area contributed by atoms with E-state index < -0.39 is 0 Å². The first-order chi connectivity index (χ1) is 14.6. The first kappa shape index (κ1) is 20.8. The van der Waals surface area contributed by atoms with Gasteiger partial charge < -0.3 is 0 Å². The zero-order chi connectivity index (χ0) is 20.9. The number of hydrogen-bond acceptors (Lipinski definition) is 3. The number of carbonyl (C=O) groups is 1. The van der Waals surface area contributed by atoms with Crippen LogP contribution in [0.5, 0.6) is 0 Å². The predicted molar refractivity (Wildman–Crippen MR) is 129 cm³/mol. The summed E-state index contributed by atoms with van der Waals surface area (Å²) in [5.74, 6) is 0.152. The fraction of sp³-hybridized carbons (Fsp3) is 0.222. The Balaban J connectivity index is 1.41. The van der Waals surface area contributed by atoms with Crippen LogP contribution in [0.25, 0.3) is 0 Å². The summed E-state index contributed by atoms with van der Waals surface area (Å²) in [5, 5.41) is 4.39. The number of Topliss-reactive ketones (excluding diaryl/α,β-unsaturated/α-hetero) is 1. The minimum absolute atomic E-state index is 0.0748. The molecule has 0 bridgehead atoms. The summed E-state index contributed by atoms with van der Waals surface area (Å²) in [7, 11) is 0. The van der Waals surface area contributed by atoms with Crippen LogP contribution in [0.1, 0.15) is 57.7 Å². The normalized spacial score (nSPS) is 13.1. The van der Waals surface area contributed by atoms with Crippen molar-refractivity contribution >= 4 is 28.5 Å². The van der Waals surface area contributed by atoms with Crippen LogP contribution in [0.15, 0.2) is 83.6 Å². The molecule has 0 saturated carbocycles. The Morgan fingerprint density at radius 2 is 1.07 bits per heavy atom. The first-order valence-corrected chi connectivity index (χ1v) is 12.1. The second-order valence-electron chi connectivity index (χ2n) is 7.89. The van der Waals surface area contributed by atoms with Gasteiger partial charge >= 0.3 is 0 Å². The number of rotatable bonds is 8. The van der Waals surface area contributed by atoms with E-state index in [1.807, 2.05) is 12.1 Å². The lowest BCUT2D eigenvalue weighted by Crippen LogP contribution is -2.15. The molecular formula is C27H26OS2. The van der Waals surface area contributed by atoms with Gasteiger partial charge in [-0.15, -0.1) is 22.7 Å². The third kappa shape index (κ3) is 4.97. The molecule has 0 aliphatic heterocycles. The van der Waals surface area contributed by atoms with Gasteiger partial charge in [-0.25, -0.2) is 0 Å². The second kappa shape index (κ2) is 9.55. The van der Waals surface area contributed by atoms with Gasteiger partial charge in [-0.3, -0.25) is 4.79 Å². The average molecular weight is 431 g/mol. The van der Waals surface area contributed by atoms with Crippen LogP contribution in [0.3, 0.4) is 0 Å². The maximum atomic E-state index is 13.2. The first-order valence-electron chi connectivity index (χ1n) is 10.4. The number of benzene rings is 2. The van der Waals surface area contributed by atoms with Crippen LogP contribution < -0.4 is 0 Å². The van der Waals surface area contributed by atoms with E-state index in [1.165, 1.54) is 32.0 Å². The van der Waals surface area contributed by atoms with Gasteiger partial charge in [0, 0.05) is 21.6 Å². The topological polar surface area (TPSA) is 17.1 Å². The van der Waals surface area contributed by atoms with Gasteiger partial charge in [0.2, 0.25) is 0 Å². The van der Waals surface area contributed by atoms with E-state index >= 15 is 0 Å². The summed E-state index contributed by atoms with van der Waals surface area (Å²) < 4.78 is 0. The lowest BCUT2D eigenvalue weighted by molar-refractivity contribution is -0.121. The molecule has 152 valence electrons. The smallest absolute Gasteiger partial charge is 0.148 e. The molecule has 2 aromatic heterocycles. The van der Waals surface area contributed by atoms with Gasteiger partial charge in [0.1, 0.15) is 5.78 Å². The van der Waals surface area contributed by atoms with E-state index in [4.69, 9.17) is 0 Å². The minimum atomic E-state index is -0.0748. The maximum Gasteiger partial charge on any atom is 0.148 e. The van der Waals surface area contributed by atoms with Crippen molar-refractivity contribution in [1.82, 2.24) is 0 Å². The van der Waals surface area contributed by atoms with Gasteiger partial charge in [-0.2, -0.15) is 0 Å². The quantitative estimate of drug-likeness (QED) is 0.283. The molecule has 0 fully saturated rings. The molecule has 2 aromatic carbocycles. The van der Waals surface area contributed by atoms with E-state index in [-0.39, 0.29) is 11.8 Å². The summed E-state index contributed by atoms with van der Waals surface area (Å²) >= 11 is 3.41. The van der Waals surface area contributed by atoms with E-state index in [9.17, 15) is 4.79 Å². The van der Waals surface area contributed by atoms with Crippen LogP contribution >= 0.6 is 22.7 Å². The van der Waals surface area contributed by atoms with Crippen molar-refractivity contribution in [2.24, 2.45) is 0 Å². The van der Waals surface area contributed by atoms with Crippen LogP contribution in [0.2, 0.25) is 0 Å². The zero-order valence-corrected chi connectivity index (χ0v) is 19.0. The van der Waals surface area contributed by atoms with E-state index in [0.29, 0.717) is 5.78 Å². The fourth-order valence-electron chi connectivity index (χ4n) is 3.75. The van der Waals surface area contributed by atoms with Crippen LogP contribution in [-0.4, -0.2) is 5.78 Å².